The van der Waals surface area contributed by atoms with Crippen LogP contribution in [0.1, 0.15) is 15.9 Å². The van der Waals surface area contributed by atoms with E-state index in [1.807, 2.05) is 0 Å². The number of morpholine rings is 1. The molecule has 1 aliphatic heterocycles. The predicted octanol–water partition coefficient (Wildman–Crippen LogP) is 3.12. The van der Waals surface area contributed by atoms with Gasteiger partial charge in [0.15, 0.2) is 6.61 Å². The van der Waals surface area contributed by atoms with E-state index in [-0.39, 0.29) is 33.6 Å². The Hall–Kier alpha value is -2.17. The SMILES string of the molecule is Cc1ccc(S(=O)(=O)N2CCOCC2)cc1NC(=O)COC(=O)c1c(Cl)cccc1Cl. The second-order valence-corrected chi connectivity index (χ2v) is 9.47. The summed E-state index contributed by atoms with van der Waals surface area (Å²) in [4.78, 5) is 24.6. The number of aryl methyl sites for hydroxylation is 1. The van der Waals surface area contributed by atoms with Crippen molar-refractivity contribution in [3.63, 3.8) is 0 Å². The number of hydrogen-bond donors (Lipinski definition) is 1. The molecule has 1 saturated heterocycles. The molecule has 0 aromatic heterocycles. The number of carbonyl (C=O) groups is 2. The number of nitrogens with zero attached hydrogens (tertiary/aromatic N) is 1. The van der Waals surface area contributed by atoms with Gasteiger partial charge in [0.2, 0.25) is 10.0 Å². The number of benzene rings is 2. The summed E-state index contributed by atoms with van der Waals surface area (Å²) < 4.78 is 37.2. The standard InChI is InChI=1S/C20H20Cl2N2O6S/c1-13-5-6-14(31(27,28)24-7-9-29-10-8-24)11-17(13)23-18(25)12-30-20(26)19-15(21)3-2-4-16(19)22/h2-6,11H,7-10,12H2,1H3,(H,23,25). The van der Waals surface area contributed by atoms with Crippen molar-refractivity contribution in [2.45, 2.75) is 11.8 Å². The van der Waals surface area contributed by atoms with Crippen molar-refractivity contribution in [2.75, 3.05) is 38.2 Å². The maximum atomic E-state index is 12.8. The number of amides is 1. The van der Waals surface area contributed by atoms with Crippen molar-refractivity contribution in [2.24, 2.45) is 0 Å². The van der Waals surface area contributed by atoms with Crippen LogP contribution in [0.15, 0.2) is 41.3 Å². The summed E-state index contributed by atoms with van der Waals surface area (Å²) in [5, 5.41) is 2.78. The molecule has 0 bridgehead atoms. The first-order valence-corrected chi connectivity index (χ1v) is 11.5. The van der Waals surface area contributed by atoms with Crippen molar-refractivity contribution in [3.05, 3.63) is 57.6 Å². The molecule has 0 unspecified atom stereocenters. The highest BCUT2D eigenvalue weighted by Gasteiger charge is 2.27. The van der Waals surface area contributed by atoms with Gasteiger partial charge in [-0.3, -0.25) is 4.79 Å². The van der Waals surface area contributed by atoms with E-state index in [0.29, 0.717) is 24.5 Å². The van der Waals surface area contributed by atoms with Gasteiger partial charge >= 0.3 is 5.97 Å². The Balaban J connectivity index is 1.69. The van der Waals surface area contributed by atoms with Gasteiger partial charge in [0, 0.05) is 18.8 Å². The van der Waals surface area contributed by atoms with Crippen LogP contribution in [0.4, 0.5) is 5.69 Å². The van der Waals surface area contributed by atoms with Crippen LogP contribution >= 0.6 is 23.2 Å². The summed E-state index contributed by atoms with van der Waals surface area (Å²) in [6, 6.07) is 9.00. The molecule has 2 aromatic rings. The minimum Gasteiger partial charge on any atom is -0.452 e. The van der Waals surface area contributed by atoms with Crippen LogP contribution < -0.4 is 5.32 Å². The van der Waals surface area contributed by atoms with E-state index in [1.54, 1.807) is 19.1 Å². The second kappa shape index (κ2) is 9.97. The van der Waals surface area contributed by atoms with Crippen LogP contribution in [0.3, 0.4) is 0 Å². The quantitative estimate of drug-likeness (QED) is 0.629. The zero-order valence-corrected chi connectivity index (χ0v) is 18.9. The highest BCUT2D eigenvalue weighted by atomic mass is 35.5. The summed E-state index contributed by atoms with van der Waals surface area (Å²) in [6.07, 6.45) is 0. The van der Waals surface area contributed by atoms with E-state index in [4.69, 9.17) is 32.7 Å². The number of ether oxygens (including phenoxy) is 2. The molecule has 2 aromatic carbocycles. The van der Waals surface area contributed by atoms with Crippen LogP contribution in [0.25, 0.3) is 0 Å². The van der Waals surface area contributed by atoms with Crippen LogP contribution in [-0.4, -0.2) is 57.5 Å². The number of nitrogens with one attached hydrogen (secondary N) is 1. The molecule has 1 heterocycles. The van der Waals surface area contributed by atoms with E-state index >= 15 is 0 Å². The van der Waals surface area contributed by atoms with Gasteiger partial charge < -0.3 is 14.8 Å². The average Bonchev–Trinajstić information content (AvgIpc) is 2.74. The van der Waals surface area contributed by atoms with E-state index in [1.165, 1.54) is 28.6 Å². The van der Waals surface area contributed by atoms with Crippen LogP contribution in [0.5, 0.6) is 0 Å². The minimum atomic E-state index is -3.72. The third kappa shape index (κ3) is 5.55. The first-order chi connectivity index (χ1) is 14.7. The molecule has 0 aliphatic carbocycles. The van der Waals surface area contributed by atoms with Crippen molar-refractivity contribution in [1.82, 2.24) is 4.31 Å². The van der Waals surface area contributed by atoms with Gasteiger partial charge in [-0.1, -0.05) is 35.3 Å². The summed E-state index contributed by atoms with van der Waals surface area (Å²) >= 11 is 11.9. The maximum Gasteiger partial charge on any atom is 0.341 e. The number of carbonyl (C=O) groups excluding carboxylic acids is 2. The van der Waals surface area contributed by atoms with Crippen molar-refractivity contribution >= 4 is 50.8 Å². The fraction of sp³-hybridized carbons (Fsp3) is 0.300. The summed E-state index contributed by atoms with van der Waals surface area (Å²) in [6.45, 7) is 2.30. The summed E-state index contributed by atoms with van der Waals surface area (Å²) in [7, 11) is -3.72. The summed E-state index contributed by atoms with van der Waals surface area (Å²) in [5.41, 5.74) is 0.911. The number of anilines is 1. The Morgan fingerprint density at radius 1 is 1.13 bits per heavy atom. The lowest BCUT2D eigenvalue weighted by Gasteiger charge is -2.26. The normalized spacial score (nSPS) is 14.8. The largest absolute Gasteiger partial charge is 0.452 e. The van der Waals surface area contributed by atoms with Crippen molar-refractivity contribution in [3.8, 4) is 0 Å². The molecule has 3 rings (SSSR count). The first-order valence-electron chi connectivity index (χ1n) is 9.29. The fourth-order valence-electron chi connectivity index (χ4n) is 2.91. The van der Waals surface area contributed by atoms with Gasteiger partial charge in [0.1, 0.15) is 0 Å². The minimum absolute atomic E-state index is 0.0339. The van der Waals surface area contributed by atoms with Gasteiger partial charge in [-0.25, -0.2) is 13.2 Å². The molecule has 11 heteroatoms. The molecule has 8 nitrogen and oxygen atoms in total. The molecule has 166 valence electrons. The molecule has 0 atom stereocenters. The van der Waals surface area contributed by atoms with Crippen molar-refractivity contribution in [1.29, 1.82) is 0 Å². The third-order valence-corrected chi connectivity index (χ3v) is 7.12. The summed E-state index contributed by atoms with van der Waals surface area (Å²) in [5.74, 6) is -1.48. The molecule has 1 aliphatic rings. The van der Waals surface area contributed by atoms with Crippen LogP contribution in [-0.2, 0) is 24.3 Å². The number of esters is 1. The number of sulfonamides is 1. The first kappa shape index (κ1) is 23.5. The van der Waals surface area contributed by atoms with Gasteiger partial charge in [-0.15, -0.1) is 0 Å². The Morgan fingerprint density at radius 2 is 1.77 bits per heavy atom. The fourth-order valence-corrected chi connectivity index (χ4v) is 4.90. The molecule has 31 heavy (non-hydrogen) atoms. The lowest BCUT2D eigenvalue weighted by Crippen LogP contribution is -2.40. The van der Waals surface area contributed by atoms with Crippen LogP contribution in [0.2, 0.25) is 10.0 Å². The van der Waals surface area contributed by atoms with Gasteiger partial charge in [-0.2, -0.15) is 4.31 Å². The molecule has 0 radical (unpaired) electrons. The second-order valence-electron chi connectivity index (χ2n) is 6.71. The number of hydrogen-bond acceptors (Lipinski definition) is 6. The Morgan fingerprint density at radius 3 is 2.42 bits per heavy atom. The lowest BCUT2D eigenvalue weighted by atomic mass is 10.2. The Bertz CT molecular complexity index is 1080. The predicted molar refractivity (Wildman–Crippen MR) is 116 cm³/mol. The van der Waals surface area contributed by atoms with E-state index in [0.717, 1.165) is 0 Å². The highest BCUT2D eigenvalue weighted by molar-refractivity contribution is 7.89. The molecular weight excluding hydrogens is 467 g/mol. The number of halogens is 2. The van der Waals surface area contributed by atoms with E-state index in [2.05, 4.69) is 5.32 Å². The Kier molecular flexibility index (Phi) is 7.55. The molecule has 1 amide bonds. The molecule has 0 spiro atoms. The smallest absolute Gasteiger partial charge is 0.341 e. The average molecular weight is 487 g/mol. The third-order valence-electron chi connectivity index (χ3n) is 4.59. The van der Waals surface area contributed by atoms with Gasteiger partial charge in [0.25, 0.3) is 5.91 Å². The molecule has 0 saturated carbocycles. The monoisotopic (exact) mass is 486 g/mol. The number of rotatable bonds is 6. The molecular formula is C20H20Cl2N2O6S. The maximum absolute atomic E-state index is 12.8. The van der Waals surface area contributed by atoms with Crippen LogP contribution in [0, 0.1) is 6.92 Å². The lowest BCUT2D eigenvalue weighted by molar-refractivity contribution is -0.119. The highest BCUT2D eigenvalue weighted by Crippen LogP contribution is 2.26. The topological polar surface area (TPSA) is 102 Å². The molecule has 1 fully saturated rings. The zero-order valence-electron chi connectivity index (χ0n) is 16.6. The van der Waals surface area contributed by atoms with E-state index < -0.39 is 28.5 Å². The Labute approximate surface area is 190 Å². The van der Waals surface area contributed by atoms with Crippen molar-refractivity contribution < 1.29 is 27.5 Å². The molecule has 1 N–H and O–H groups in total. The zero-order chi connectivity index (χ0) is 22.6. The van der Waals surface area contributed by atoms with E-state index in [9.17, 15) is 18.0 Å². The van der Waals surface area contributed by atoms with Gasteiger partial charge in [-0.05, 0) is 36.8 Å². The van der Waals surface area contributed by atoms with Gasteiger partial charge in [0.05, 0.1) is 33.7 Å².